The Morgan fingerprint density at radius 3 is 2.58 bits per heavy atom. The molecule has 1 aromatic rings. The third-order valence-corrected chi connectivity index (χ3v) is 5.55. The average Bonchev–Trinajstić information content (AvgIpc) is 2.90. The Hall–Kier alpha value is -1.28. The molecule has 10 heteroatoms. The Morgan fingerprint density at radius 2 is 2.08 bits per heavy atom. The molecular formula is C14H24N3O5PS. The first-order valence-electron chi connectivity index (χ1n) is 7.49. The Labute approximate surface area is 145 Å². The van der Waals surface area contributed by atoms with Crippen molar-refractivity contribution in [3.8, 4) is 0 Å². The van der Waals surface area contributed by atoms with Gasteiger partial charge in [-0.15, -0.1) is 11.3 Å². The molecule has 2 amide bonds. The summed E-state index contributed by atoms with van der Waals surface area (Å²) in [4.78, 5) is 46.8. The van der Waals surface area contributed by atoms with Crippen molar-refractivity contribution in [1.29, 1.82) is 0 Å². The van der Waals surface area contributed by atoms with Crippen molar-refractivity contribution in [3.63, 3.8) is 0 Å². The van der Waals surface area contributed by atoms with Gasteiger partial charge < -0.3 is 24.8 Å². The fourth-order valence-corrected chi connectivity index (χ4v) is 3.86. The molecule has 0 saturated carbocycles. The van der Waals surface area contributed by atoms with Crippen molar-refractivity contribution in [1.82, 2.24) is 15.2 Å². The summed E-state index contributed by atoms with van der Waals surface area (Å²) in [6.45, 7) is 5.63. The molecule has 8 nitrogen and oxygen atoms in total. The van der Waals surface area contributed by atoms with Crippen LogP contribution in [-0.2, 0) is 15.9 Å². The molecule has 2 atom stereocenters. The summed E-state index contributed by atoms with van der Waals surface area (Å²) in [5.74, 6) is -0.358. The molecule has 1 aromatic heterocycles. The van der Waals surface area contributed by atoms with Gasteiger partial charge in [-0.05, 0) is 5.92 Å². The molecule has 0 spiro atoms. The van der Waals surface area contributed by atoms with Gasteiger partial charge in [0, 0.05) is 18.3 Å². The first-order chi connectivity index (χ1) is 11.0. The highest BCUT2D eigenvalue weighted by Crippen LogP contribution is 2.40. The van der Waals surface area contributed by atoms with Crippen LogP contribution in [0.3, 0.4) is 0 Å². The lowest BCUT2D eigenvalue weighted by atomic mass is 10.1. The molecule has 0 aliphatic rings. The number of hydrogen-bond acceptors (Lipinski definition) is 5. The van der Waals surface area contributed by atoms with Crippen molar-refractivity contribution < 1.29 is 23.9 Å². The zero-order valence-electron chi connectivity index (χ0n) is 14.2. The Bertz CT molecular complexity index is 615. The molecular weight excluding hydrogens is 353 g/mol. The summed E-state index contributed by atoms with van der Waals surface area (Å²) in [6, 6.07) is -0.923. The predicted molar refractivity (Wildman–Crippen MR) is 92.1 cm³/mol. The van der Waals surface area contributed by atoms with Crippen molar-refractivity contribution in [2.45, 2.75) is 39.3 Å². The standard InChI is InChI=1S/C14H24N3O5PS/c1-9(2)12(6-18)16-14(19)17(4)5-11-8-24-13(15-11)10(3)7-23(20,21)22/h6,8-10,12H,5,7H2,1-4H3,(H,16,19)(H2,20,21,22)/t10?,12-/m1/s1. The van der Waals surface area contributed by atoms with E-state index in [4.69, 9.17) is 9.79 Å². The predicted octanol–water partition coefficient (Wildman–Crippen LogP) is 1.79. The fraction of sp³-hybridized carbons (Fsp3) is 0.643. The number of carbonyl (C=O) groups is 2. The van der Waals surface area contributed by atoms with E-state index in [9.17, 15) is 14.2 Å². The highest BCUT2D eigenvalue weighted by atomic mass is 32.1. The summed E-state index contributed by atoms with van der Waals surface area (Å²) >= 11 is 1.31. The van der Waals surface area contributed by atoms with Crippen LogP contribution in [0.25, 0.3) is 0 Å². The zero-order chi connectivity index (χ0) is 18.5. The highest BCUT2D eigenvalue weighted by molar-refractivity contribution is 7.51. The topological polar surface area (TPSA) is 120 Å². The van der Waals surface area contributed by atoms with Crippen LogP contribution in [0.5, 0.6) is 0 Å². The van der Waals surface area contributed by atoms with E-state index in [0.717, 1.165) is 0 Å². The van der Waals surface area contributed by atoms with Gasteiger partial charge >= 0.3 is 13.6 Å². The van der Waals surface area contributed by atoms with Gasteiger partial charge in [0.1, 0.15) is 6.29 Å². The Morgan fingerprint density at radius 1 is 1.46 bits per heavy atom. The number of aldehydes is 1. The van der Waals surface area contributed by atoms with Gasteiger partial charge in [-0.3, -0.25) is 4.57 Å². The van der Waals surface area contributed by atoms with Gasteiger partial charge in [-0.1, -0.05) is 20.8 Å². The lowest BCUT2D eigenvalue weighted by Crippen LogP contribution is -2.45. The van der Waals surface area contributed by atoms with Crippen molar-refractivity contribution in [2.75, 3.05) is 13.2 Å². The number of nitrogens with one attached hydrogen (secondary N) is 1. The molecule has 3 N–H and O–H groups in total. The van der Waals surface area contributed by atoms with Gasteiger partial charge in [0.15, 0.2) is 0 Å². The quantitative estimate of drug-likeness (QED) is 0.469. The lowest BCUT2D eigenvalue weighted by Gasteiger charge is -2.22. The largest absolute Gasteiger partial charge is 0.328 e. The summed E-state index contributed by atoms with van der Waals surface area (Å²) in [5.41, 5.74) is 0.636. The SMILES string of the molecule is CC(CP(=O)(O)O)c1nc(CN(C)C(=O)N[C@H](C=O)C(C)C)cs1. The van der Waals surface area contributed by atoms with E-state index in [0.29, 0.717) is 17.0 Å². The second-order valence-electron chi connectivity index (χ2n) is 6.14. The molecule has 0 aromatic carbocycles. The van der Waals surface area contributed by atoms with E-state index in [-0.39, 0.29) is 30.6 Å². The second-order valence-corrected chi connectivity index (χ2v) is 8.72. The van der Waals surface area contributed by atoms with Crippen LogP contribution in [-0.4, -0.2) is 51.2 Å². The number of aromatic nitrogens is 1. The average molecular weight is 377 g/mol. The number of hydrogen-bond donors (Lipinski definition) is 3. The van der Waals surface area contributed by atoms with Crippen LogP contribution < -0.4 is 5.32 Å². The minimum atomic E-state index is -4.09. The Kier molecular flexibility index (Phi) is 7.54. The molecule has 0 aliphatic heterocycles. The molecule has 24 heavy (non-hydrogen) atoms. The number of amides is 2. The summed E-state index contributed by atoms with van der Waals surface area (Å²) in [6.07, 6.45) is 0.451. The highest BCUT2D eigenvalue weighted by Gasteiger charge is 2.22. The molecule has 1 unspecified atom stereocenters. The normalized spacial score (nSPS) is 14.3. The minimum Gasteiger partial charge on any atom is -0.328 e. The molecule has 0 fully saturated rings. The maximum Gasteiger partial charge on any atom is 0.326 e. The molecule has 1 heterocycles. The number of carbonyl (C=O) groups excluding carboxylic acids is 2. The lowest BCUT2D eigenvalue weighted by molar-refractivity contribution is -0.110. The van der Waals surface area contributed by atoms with E-state index in [1.165, 1.54) is 16.2 Å². The van der Waals surface area contributed by atoms with Crippen LogP contribution in [0.15, 0.2) is 5.38 Å². The van der Waals surface area contributed by atoms with E-state index in [2.05, 4.69) is 10.3 Å². The van der Waals surface area contributed by atoms with Gasteiger partial charge in [0.2, 0.25) is 0 Å². The van der Waals surface area contributed by atoms with Crippen molar-refractivity contribution in [3.05, 3.63) is 16.1 Å². The van der Waals surface area contributed by atoms with Crippen LogP contribution in [0.1, 0.15) is 37.4 Å². The van der Waals surface area contributed by atoms with Gasteiger partial charge in [-0.25, -0.2) is 9.78 Å². The molecule has 0 radical (unpaired) electrons. The first-order valence-corrected chi connectivity index (χ1v) is 10.2. The molecule has 1 rings (SSSR count). The van der Waals surface area contributed by atoms with Crippen LogP contribution >= 0.6 is 18.9 Å². The van der Waals surface area contributed by atoms with E-state index in [1.54, 1.807) is 19.4 Å². The molecule has 0 saturated heterocycles. The van der Waals surface area contributed by atoms with Crippen LogP contribution in [0.4, 0.5) is 4.79 Å². The van der Waals surface area contributed by atoms with Gasteiger partial charge in [0.25, 0.3) is 0 Å². The van der Waals surface area contributed by atoms with Gasteiger partial charge in [0.05, 0.1) is 29.5 Å². The van der Waals surface area contributed by atoms with Crippen LogP contribution in [0.2, 0.25) is 0 Å². The fourth-order valence-electron chi connectivity index (χ4n) is 1.98. The second kappa shape index (κ2) is 8.71. The number of urea groups is 1. The monoisotopic (exact) mass is 377 g/mol. The molecule has 0 aliphatic carbocycles. The summed E-state index contributed by atoms with van der Waals surface area (Å²) in [5, 5.41) is 5.02. The van der Waals surface area contributed by atoms with Crippen molar-refractivity contribution >= 4 is 31.2 Å². The Balaban J connectivity index is 2.65. The summed E-state index contributed by atoms with van der Waals surface area (Å²) in [7, 11) is -2.50. The zero-order valence-corrected chi connectivity index (χ0v) is 15.9. The smallest absolute Gasteiger partial charge is 0.326 e. The molecule has 136 valence electrons. The van der Waals surface area contributed by atoms with Gasteiger partial charge in [-0.2, -0.15) is 0 Å². The van der Waals surface area contributed by atoms with E-state index < -0.39 is 13.6 Å². The van der Waals surface area contributed by atoms with Crippen LogP contribution in [0, 0.1) is 5.92 Å². The third-order valence-electron chi connectivity index (χ3n) is 3.40. The number of nitrogens with zero attached hydrogens (tertiary/aromatic N) is 2. The number of rotatable bonds is 8. The summed E-state index contributed by atoms with van der Waals surface area (Å²) < 4.78 is 11.1. The maximum absolute atomic E-state index is 12.1. The maximum atomic E-state index is 12.1. The minimum absolute atomic E-state index is 0.000714. The third kappa shape index (κ3) is 6.68. The number of thiazole rings is 1. The van der Waals surface area contributed by atoms with Crippen molar-refractivity contribution in [2.24, 2.45) is 5.92 Å². The van der Waals surface area contributed by atoms with E-state index in [1.807, 2.05) is 13.8 Å². The van der Waals surface area contributed by atoms with E-state index >= 15 is 0 Å². The molecule has 0 bridgehead atoms. The first kappa shape index (κ1) is 20.8.